The summed E-state index contributed by atoms with van der Waals surface area (Å²) in [5, 5.41) is 0. The van der Waals surface area contributed by atoms with E-state index >= 15 is 0 Å². The minimum Gasteiger partial charge on any atom is -0.347 e. The second-order valence-corrected chi connectivity index (χ2v) is 3.75. The van der Waals surface area contributed by atoms with Crippen LogP contribution in [0.3, 0.4) is 0 Å². The SMILES string of the molecule is NC(COC1OC1N)Cc1ccccc1. The molecular weight excluding hydrogens is 192 g/mol. The Morgan fingerprint density at radius 2 is 2.00 bits per heavy atom. The Morgan fingerprint density at radius 1 is 1.33 bits per heavy atom. The van der Waals surface area contributed by atoms with Crippen LogP contribution in [0.5, 0.6) is 0 Å². The Kier molecular flexibility index (Phi) is 3.33. The summed E-state index contributed by atoms with van der Waals surface area (Å²) in [5.74, 6) is 0. The van der Waals surface area contributed by atoms with Gasteiger partial charge in [-0.05, 0) is 12.0 Å². The van der Waals surface area contributed by atoms with Crippen LogP contribution in [-0.4, -0.2) is 25.2 Å². The first-order chi connectivity index (χ1) is 7.25. The second-order valence-electron chi connectivity index (χ2n) is 3.75. The summed E-state index contributed by atoms with van der Waals surface area (Å²) < 4.78 is 10.2. The van der Waals surface area contributed by atoms with Crippen molar-refractivity contribution < 1.29 is 9.47 Å². The van der Waals surface area contributed by atoms with Crippen LogP contribution in [0.1, 0.15) is 5.56 Å². The van der Waals surface area contributed by atoms with Crippen LogP contribution >= 0.6 is 0 Å². The van der Waals surface area contributed by atoms with Crippen LogP contribution in [0, 0.1) is 0 Å². The minimum absolute atomic E-state index is 0.0104. The largest absolute Gasteiger partial charge is 0.347 e. The molecule has 0 aromatic heterocycles. The molecule has 0 bridgehead atoms. The number of ether oxygens (including phenoxy) is 2. The summed E-state index contributed by atoms with van der Waals surface area (Å²) in [5.41, 5.74) is 12.5. The molecule has 1 aliphatic heterocycles. The van der Waals surface area contributed by atoms with Gasteiger partial charge < -0.3 is 20.9 Å². The lowest BCUT2D eigenvalue weighted by molar-refractivity contribution is 0.0419. The first-order valence-corrected chi connectivity index (χ1v) is 5.08. The molecule has 4 nitrogen and oxygen atoms in total. The fraction of sp³-hybridized carbons (Fsp3) is 0.455. The van der Waals surface area contributed by atoms with Crippen LogP contribution in [0.15, 0.2) is 30.3 Å². The first kappa shape index (κ1) is 10.6. The van der Waals surface area contributed by atoms with Crippen LogP contribution in [0.2, 0.25) is 0 Å². The standard InChI is InChI=1S/C11H16N2O2/c12-9(7-14-11-10(13)15-11)6-8-4-2-1-3-5-8/h1-5,9-11H,6-7,12-13H2. The van der Waals surface area contributed by atoms with Crippen LogP contribution in [0.4, 0.5) is 0 Å². The van der Waals surface area contributed by atoms with E-state index < -0.39 is 0 Å². The molecule has 0 spiro atoms. The Labute approximate surface area is 89.2 Å². The van der Waals surface area contributed by atoms with Gasteiger partial charge in [-0.1, -0.05) is 30.3 Å². The molecule has 1 aromatic rings. The average molecular weight is 208 g/mol. The molecule has 0 aliphatic carbocycles. The monoisotopic (exact) mass is 208 g/mol. The third-order valence-electron chi connectivity index (χ3n) is 2.30. The molecule has 82 valence electrons. The smallest absolute Gasteiger partial charge is 0.199 e. The van der Waals surface area contributed by atoms with Gasteiger partial charge in [0.25, 0.3) is 0 Å². The van der Waals surface area contributed by atoms with Gasteiger partial charge in [0.1, 0.15) is 0 Å². The lowest BCUT2D eigenvalue weighted by Crippen LogP contribution is -2.29. The van der Waals surface area contributed by atoms with Gasteiger partial charge >= 0.3 is 0 Å². The highest BCUT2D eigenvalue weighted by atomic mass is 16.8. The zero-order valence-corrected chi connectivity index (χ0v) is 8.50. The van der Waals surface area contributed by atoms with Gasteiger partial charge in [0.15, 0.2) is 12.5 Å². The van der Waals surface area contributed by atoms with Crippen molar-refractivity contribution in [2.75, 3.05) is 6.61 Å². The van der Waals surface area contributed by atoms with Crippen LogP contribution < -0.4 is 11.5 Å². The number of epoxide rings is 1. The highest BCUT2D eigenvalue weighted by Gasteiger charge is 2.36. The zero-order valence-electron chi connectivity index (χ0n) is 8.50. The Hall–Kier alpha value is -0.940. The molecule has 3 unspecified atom stereocenters. The van der Waals surface area contributed by atoms with Crippen LogP contribution in [-0.2, 0) is 15.9 Å². The molecule has 15 heavy (non-hydrogen) atoms. The van der Waals surface area contributed by atoms with Crippen molar-refractivity contribution in [3.63, 3.8) is 0 Å². The number of nitrogens with two attached hydrogens (primary N) is 2. The highest BCUT2D eigenvalue weighted by molar-refractivity contribution is 5.15. The lowest BCUT2D eigenvalue weighted by atomic mass is 10.1. The maximum atomic E-state index is 5.91. The van der Waals surface area contributed by atoms with Gasteiger partial charge in [0.2, 0.25) is 0 Å². The molecule has 1 aromatic carbocycles. The van der Waals surface area contributed by atoms with E-state index in [1.807, 2.05) is 18.2 Å². The highest BCUT2D eigenvalue weighted by Crippen LogP contribution is 2.17. The number of hydrogen-bond donors (Lipinski definition) is 2. The van der Waals surface area contributed by atoms with E-state index in [1.165, 1.54) is 5.56 Å². The molecule has 4 heteroatoms. The van der Waals surface area contributed by atoms with E-state index in [1.54, 1.807) is 0 Å². The predicted octanol–water partition coefficient (Wildman–Crippen LogP) is 0.214. The van der Waals surface area contributed by atoms with Gasteiger partial charge in [-0.2, -0.15) is 0 Å². The molecule has 0 amide bonds. The molecular formula is C11H16N2O2. The van der Waals surface area contributed by atoms with Crippen molar-refractivity contribution in [1.29, 1.82) is 0 Å². The molecule has 0 radical (unpaired) electrons. The van der Waals surface area contributed by atoms with E-state index in [0.29, 0.717) is 6.61 Å². The van der Waals surface area contributed by atoms with E-state index in [0.717, 1.165) is 6.42 Å². The minimum atomic E-state index is -0.256. The molecule has 3 atom stereocenters. The van der Waals surface area contributed by atoms with Crippen molar-refractivity contribution in [3.05, 3.63) is 35.9 Å². The Bertz CT molecular complexity index is 305. The fourth-order valence-corrected chi connectivity index (χ4v) is 1.44. The number of hydrogen-bond acceptors (Lipinski definition) is 4. The molecule has 0 saturated carbocycles. The van der Waals surface area contributed by atoms with Gasteiger partial charge in [-0.15, -0.1) is 0 Å². The lowest BCUT2D eigenvalue weighted by Gasteiger charge is -2.10. The quantitative estimate of drug-likeness (QED) is 0.679. The maximum Gasteiger partial charge on any atom is 0.199 e. The van der Waals surface area contributed by atoms with Gasteiger partial charge in [0, 0.05) is 6.04 Å². The average Bonchev–Trinajstić information content (AvgIpc) is 2.93. The molecule has 2 rings (SSSR count). The second kappa shape index (κ2) is 4.72. The summed E-state index contributed by atoms with van der Waals surface area (Å²) in [4.78, 5) is 0. The van der Waals surface area contributed by atoms with E-state index in [2.05, 4.69) is 12.1 Å². The van der Waals surface area contributed by atoms with Crippen molar-refractivity contribution in [2.24, 2.45) is 11.5 Å². The topological polar surface area (TPSA) is 73.8 Å². The normalized spacial score (nSPS) is 26.3. The summed E-state index contributed by atoms with van der Waals surface area (Å²) in [6.07, 6.45) is 0.309. The summed E-state index contributed by atoms with van der Waals surface area (Å²) in [7, 11) is 0. The van der Waals surface area contributed by atoms with Crippen molar-refractivity contribution in [3.8, 4) is 0 Å². The predicted molar refractivity (Wildman–Crippen MR) is 56.9 cm³/mol. The zero-order chi connectivity index (χ0) is 10.7. The van der Waals surface area contributed by atoms with E-state index in [4.69, 9.17) is 20.9 Å². The van der Waals surface area contributed by atoms with Gasteiger partial charge in [-0.25, -0.2) is 0 Å². The summed E-state index contributed by atoms with van der Waals surface area (Å²) >= 11 is 0. The number of benzene rings is 1. The first-order valence-electron chi connectivity index (χ1n) is 5.08. The fourth-order valence-electron chi connectivity index (χ4n) is 1.44. The van der Waals surface area contributed by atoms with Gasteiger partial charge in [0.05, 0.1) is 6.61 Å². The Morgan fingerprint density at radius 3 is 2.60 bits per heavy atom. The Balaban J connectivity index is 1.70. The molecule has 4 N–H and O–H groups in total. The number of rotatable bonds is 5. The maximum absolute atomic E-state index is 5.91. The van der Waals surface area contributed by atoms with Gasteiger partial charge in [-0.3, -0.25) is 0 Å². The molecule has 1 fully saturated rings. The third-order valence-corrected chi connectivity index (χ3v) is 2.30. The van der Waals surface area contributed by atoms with Crippen molar-refractivity contribution in [2.45, 2.75) is 25.0 Å². The molecule has 1 aliphatic rings. The molecule has 1 heterocycles. The summed E-state index contributed by atoms with van der Waals surface area (Å²) in [6, 6.07) is 10.1. The van der Waals surface area contributed by atoms with E-state index in [9.17, 15) is 0 Å². The van der Waals surface area contributed by atoms with Crippen LogP contribution in [0.25, 0.3) is 0 Å². The van der Waals surface area contributed by atoms with Crippen molar-refractivity contribution in [1.82, 2.24) is 0 Å². The molecule has 1 saturated heterocycles. The third kappa shape index (κ3) is 3.28. The van der Waals surface area contributed by atoms with E-state index in [-0.39, 0.29) is 18.6 Å². The summed E-state index contributed by atoms with van der Waals surface area (Å²) in [6.45, 7) is 0.479. The van der Waals surface area contributed by atoms with Crippen molar-refractivity contribution >= 4 is 0 Å².